The van der Waals surface area contributed by atoms with Crippen molar-refractivity contribution in [2.24, 2.45) is 4.99 Å². The molecule has 0 aliphatic carbocycles. The minimum atomic E-state index is -2.86. The second-order valence-corrected chi connectivity index (χ2v) is 6.11. The Balaban J connectivity index is 2.11. The number of benzene rings is 2. The molecule has 0 unspecified atom stereocenters. The summed E-state index contributed by atoms with van der Waals surface area (Å²) in [6.45, 7) is 0.511. The van der Waals surface area contributed by atoms with Gasteiger partial charge < -0.3 is 29.6 Å². The number of aliphatic imine (C=N–C) groups is 1. The van der Waals surface area contributed by atoms with Crippen molar-refractivity contribution < 1.29 is 27.7 Å². The SMILES string of the molecule is CCNC(=NCc1cc(OC)c(OC)c(OC)c1)NCc1cccc(OC(F)F)c1. The molecule has 9 heteroatoms. The van der Waals surface area contributed by atoms with Crippen molar-refractivity contribution in [3.8, 4) is 23.0 Å². The van der Waals surface area contributed by atoms with Gasteiger partial charge in [-0.25, -0.2) is 4.99 Å². The third-order valence-corrected chi connectivity index (χ3v) is 4.07. The van der Waals surface area contributed by atoms with E-state index in [-0.39, 0.29) is 5.75 Å². The van der Waals surface area contributed by atoms with Gasteiger partial charge in [0.2, 0.25) is 5.75 Å². The van der Waals surface area contributed by atoms with Gasteiger partial charge in [0.1, 0.15) is 5.75 Å². The second-order valence-electron chi connectivity index (χ2n) is 6.11. The molecule has 0 aliphatic heterocycles. The first-order valence-electron chi connectivity index (χ1n) is 9.35. The summed E-state index contributed by atoms with van der Waals surface area (Å²) in [5.41, 5.74) is 1.65. The topological polar surface area (TPSA) is 73.3 Å². The highest BCUT2D eigenvalue weighted by Gasteiger charge is 2.13. The monoisotopic (exact) mass is 423 g/mol. The van der Waals surface area contributed by atoms with E-state index in [2.05, 4.69) is 20.4 Å². The lowest BCUT2D eigenvalue weighted by Crippen LogP contribution is -2.36. The van der Waals surface area contributed by atoms with E-state index in [0.29, 0.717) is 42.8 Å². The molecule has 2 rings (SSSR count). The molecule has 0 saturated carbocycles. The van der Waals surface area contributed by atoms with E-state index in [1.54, 1.807) is 33.5 Å². The first kappa shape index (κ1) is 23.1. The van der Waals surface area contributed by atoms with Crippen molar-refractivity contribution in [2.45, 2.75) is 26.6 Å². The molecule has 0 atom stereocenters. The Morgan fingerprint density at radius 1 is 0.967 bits per heavy atom. The number of nitrogens with one attached hydrogen (secondary N) is 2. The molecule has 2 aromatic rings. The van der Waals surface area contributed by atoms with Crippen LogP contribution in [0.1, 0.15) is 18.1 Å². The highest BCUT2D eigenvalue weighted by molar-refractivity contribution is 5.79. The lowest BCUT2D eigenvalue weighted by Gasteiger charge is -2.14. The molecule has 0 aliphatic rings. The van der Waals surface area contributed by atoms with Crippen LogP contribution in [0.15, 0.2) is 41.4 Å². The fraction of sp³-hybridized carbons (Fsp3) is 0.381. The summed E-state index contributed by atoms with van der Waals surface area (Å²) in [6.07, 6.45) is 0. The Labute approximate surface area is 175 Å². The van der Waals surface area contributed by atoms with E-state index in [1.165, 1.54) is 6.07 Å². The molecule has 0 spiro atoms. The maximum atomic E-state index is 12.4. The zero-order valence-electron chi connectivity index (χ0n) is 17.5. The molecule has 30 heavy (non-hydrogen) atoms. The lowest BCUT2D eigenvalue weighted by molar-refractivity contribution is -0.0498. The average molecular weight is 423 g/mol. The molecule has 2 N–H and O–H groups in total. The molecule has 0 aromatic heterocycles. The van der Waals surface area contributed by atoms with Crippen LogP contribution >= 0.6 is 0 Å². The zero-order valence-corrected chi connectivity index (χ0v) is 17.5. The second kappa shape index (κ2) is 11.7. The van der Waals surface area contributed by atoms with Gasteiger partial charge in [0.25, 0.3) is 0 Å². The number of methoxy groups -OCH3 is 3. The summed E-state index contributed by atoms with van der Waals surface area (Å²) in [7, 11) is 4.66. The number of hydrogen-bond acceptors (Lipinski definition) is 5. The Hall–Kier alpha value is -3.23. The van der Waals surface area contributed by atoms with E-state index in [9.17, 15) is 8.78 Å². The van der Waals surface area contributed by atoms with E-state index >= 15 is 0 Å². The highest BCUT2D eigenvalue weighted by atomic mass is 19.3. The first-order valence-corrected chi connectivity index (χ1v) is 9.35. The predicted molar refractivity (Wildman–Crippen MR) is 111 cm³/mol. The molecular weight excluding hydrogens is 396 g/mol. The summed E-state index contributed by atoms with van der Waals surface area (Å²) in [6, 6.07) is 10.2. The number of alkyl halides is 2. The van der Waals surface area contributed by atoms with Crippen molar-refractivity contribution in [3.05, 3.63) is 47.5 Å². The van der Waals surface area contributed by atoms with Crippen molar-refractivity contribution >= 4 is 5.96 Å². The van der Waals surface area contributed by atoms with E-state index in [1.807, 2.05) is 25.1 Å². The van der Waals surface area contributed by atoms with Crippen LogP contribution in [-0.2, 0) is 13.1 Å². The quantitative estimate of drug-likeness (QED) is 0.450. The summed E-state index contributed by atoms with van der Waals surface area (Å²) in [5.74, 6) is 2.31. The molecule has 7 nitrogen and oxygen atoms in total. The predicted octanol–water partition coefficient (Wildman–Crippen LogP) is 3.57. The van der Waals surface area contributed by atoms with Gasteiger partial charge in [-0.05, 0) is 42.3 Å². The number of nitrogens with zero attached hydrogens (tertiary/aromatic N) is 1. The number of rotatable bonds is 10. The van der Waals surface area contributed by atoms with Gasteiger partial charge in [-0.1, -0.05) is 12.1 Å². The number of halogens is 2. The van der Waals surface area contributed by atoms with Gasteiger partial charge in [0, 0.05) is 13.1 Å². The average Bonchev–Trinajstić information content (AvgIpc) is 2.74. The fourth-order valence-corrected chi connectivity index (χ4v) is 2.76. The molecule has 0 fully saturated rings. The van der Waals surface area contributed by atoms with Gasteiger partial charge in [0.15, 0.2) is 17.5 Å². The first-order chi connectivity index (χ1) is 14.5. The van der Waals surface area contributed by atoms with Crippen molar-refractivity contribution in [2.75, 3.05) is 27.9 Å². The number of ether oxygens (including phenoxy) is 4. The van der Waals surface area contributed by atoms with Gasteiger partial charge in [-0.15, -0.1) is 0 Å². The highest BCUT2D eigenvalue weighted by Crippen LogP contribution is 2.38. The van der Waals surface area contributed by atoms with Gasteiger partial charge in [-0.2, -0.15) is 8.78 Å². The summed E-state index contributed by atoms with van der Waals surface area (Å²) < 4.78 is 45.3. The minimum Gasteiger partial charge on any atom is -0.493 e. The van der Waals surface area contributed by atoms with E-state index in [0.717, 1.165) is 11.1 Å². The van der Waals surface area contributed by atoms with Gasteiger partial charge in [-0.3, -0.25) is 0 Å². The number of hydrogen-bond donors (Lipinski definition) is 2. The summed E-state index contributed by atoms with van der Waals surface area (Å²) in [5, 5.41) is 6.33. The molecule has 164 valence electrons. The maximum absolute atomic E-state index is 12.4. The Morgan fingerprint density at radius 2 is 1.67 bits per heavy atom. The molecule has 2 aromatic carbocycles. The standard InChI is InChI=1S/C21H27F2N3O4/c1-5-24-21(25-12-14-7-6-8-16(9-14)30-20(22)23)26-13-15-10-17(27-2)19(29-4)18(11-15)28-3/h6-11,20H,5,12-13H2,1-4H3,(H2,24,25,26). The molecular formula is C21H27F2N3O4. The maximum Gasteiger partial charge on any atom is 0.387 e. The van der Waals surface area contributed by atoms with Crippen LogP contribution in [-0.4, -0.2) is 40.4 Å². The lowest BCUT2D eigenvalue weighted by atomic mass is 10.2. The Bertz CT molecular complexity index is 822. The van der Waals surface area contributed by atoms with Crippen LogP contribution in [0.5, 0.6) is 23.0 Å². The van der Waals surface area contributed by atoms with Crippen molar-refractivity contribution in [1.82, 2.24) is 10.6 Å². The Morgan fingerprint density at radius 3 is 2.23 bits per heavy atom. The fourth-order valence-electron chi connectivity index (χ4n) is 2.76. The normalized spacial score (nSPS) is 11.2. The Kier molecular flexibility index (Phi) is 8.99. The van der Waals surface area contributed by atoms with Crippen LogP contribution in [0, 0.1) is 0 Å². The summed E-state index contributed by atoms with van der Waals surface area (Å²) >= 11 is 0. The van der Waals surface area contributed by atoms with Crippen LogP contribution in [0.25, 0.3) is 0 Å². The molecule has 0 radical (unpaired) electrons. The van der Waals surface area contributed by atoms with Crippen LogP contribution in [0.2, 0.25) is 0 Å². The zero-order chi connectivity index (χ0) is 21.9. The van der Waals surface area contributed by atoms with Gasteiger partial charge in [0.05, 0.1) is 27.9 Å². The van der Waals surface area contributed by atoms with Crippen LogP contribution < -0.4 is 29.6 Å². The smallest absolute Gasteiger partial charge is 0.387 e. The molecule has 0 bridgehead atoms. The van der Waals surface area contributed by atoms with Crippen molar-refractivity contribution in [3.63, 3.8) is 0 Å². The third-order valence-electron chi connectivity index (χ3n) is 4.07. The minimum absolute atomic E-state index is 0.115. The third kappa shape index (κ3) is 6.68. The van der Waals surface area contributed by atoms with Crippen molar-refractivity contribution in [1.29, 1.82) is 0 Å². The summed E-state index contributed by atoms with van der Waals surface area (Å²) in [4.78, 5) is 4.57. The number of guanidine groups is 1. The van der Waals surface area contributed by atoms with E-state index in [4.69, 9.17) is 14.2 Å². The largest absolute Gasteiger partial charge is 0.493 e. The van der Waals surface area contributed by atoms with Crippen LogP contribution in [0.4, 0.5) is 8.78 Å². The van der Waals surface area contributed by atoms with Crippen LogP contribution in [0.3, 0.4) is 0 Å². The van der Waals surface area contributed by atoms with E-state index < -0.39 is 6.61 Å². The molecule has 0 amide bonds. The van der Waals surface area contributed by atoms with Gasteiger partial charge >= 0.3 is 6.61 Å². The molecule has 0 saturated heterocycles. The molecule has 0 heterocycles.